The first-order valence-electron chi connectivity index (χ1n) is 8.71. The van der Waals surface area contributed by atoms with E-state index in [0.717, 1.165) is 11.1 Å². The van der Waals surface area contributed by atoms with Crippen LogP contribution < -0.4 is 5.32 Å². The molecule has 0 aliphatic heterocycles. The van der Waals surface area contributed by atoms with Crippen LogP contribution in [0.5, 0.6) is 0 Å². The number of amides is 1. The molecule has 0 bridgehead atoms. The van der Waals surface area contributed by atoms with Crippen LogP contribution in [0, 0.1) is 0 Å². The number of anilines is 1. The second-order valence-electron chi connectivity index (χ2n) is 6.63. The van der Waals surface area contributed by atoms with E-state index in [1.165, 1.54) is 6.33 Å². The van der Waals surface area contributed by atoms with Crippen molar-refractivity contribution in [1.29, 1.82) is 0 Å². The van der Waals surface area contributed by atoms with Crippen molar-refractivity contribution in [1.82, 2.24) is 19.7 Å². The Balaban J connectivity index is 1.47. The smallest absolute Gasteiger partial charge is 0.255 e. The van der Waals surface area contributed by atoms with Gasteiger partial charge in [0.2, 0.25) is 0 Å². The number of nitrogens with one attached hydrogen (secondary N) is 1. The van der Waals surface area contributed by atoms with Crippen LogP contribution in [-0.2, 0) is 6.54 Å². The normalized spacial score (nSPS) is 11.2. The summed E-state index contributed by atoms with van der Waals surface area (Å²) in [6.07, 6.45) is 3.16. The molecule has 2 aromatic heterocycles. The maximum absolute atomic E-state index is 12.5. The summed E-state index contributed by atoms with van der Waals surface area (Å²) in [7, 11) is 0. The molecule has 1 amide bonds. The number of rotatable bonds is 5. The Bertz CT molecular complexity index is 1070. The van der Waals surface area contributed by atoms with Gasteiger partial charge in [0.25, 0.3) is 5.91 Å². The summed E-state index contributed by atoms with van der Waals surface area (Å²) in [6.45, 7) is 4.67. The molecule has 0 radical (unpaired) electrons. The predicted octanol–water partition coefficient (Wildman–Crippen LogP) is 3.84. The number of aromatic nitrogens is 4. The van der Waals surface area contributed by atoms with Crippen molar-refractivity contribution in [3.8, 4) is 0 Å². The molecule has 0 fully saturated rings. The van der Waals surface area contributed by atoms with Crippen LogP contribution >= 0.6 is 0 Å². The van der Waals surface area contributed by atoms with Gasteiger partial charge in [0.1, 0.15) is 18.2 Å². The molecule has 0 unspecified atom stereocenters. The summed E-state index contributed by atoms with van der Waals surface area (Å²) in [6, 6.07) is 12.9. The molecule has 4 rings (SSSR count). The van der Waals surface area contributed by atoms with E-state index in [1.54, 1.807) is 23.1 Å². The van der Waals surface area contributed by atoms with E-state index >= 15 is 0 Å². The van der Waals surface area contributed by atoms with Crippen molar-refractivity contribution in [2.24, 2.45) is 0 Å². The Kier molecular flexibility index (Phi) is 4.42. The van der Waals surface area contributed by atoms with Crippen molar-refractivity contribution in [3.05, 3.63) is 72.1 Å². The molecular formula is C20H19N5O2. The van der Waals surface area contributed by atoms with Crippen LogP contribution in [0.1, 0.15) is 41.6 Å². The molecule has 7 nitrogen and oxygen atoms in total. The number of nitrogens with zero attached hydrogens (tertiary/aromatic N) is 4. The molecule has 0 saturated heterocycles. The maximum atomic E-state index is 12.5. The van der Waals surface area contributed by atoms with Crippen molar-refractivity contribution in [3.63, 3.8) is 0 Å². The van der Waals surface area contributed by atoms with Gasteiger partial charge in [-0.3, -0.25) is 4.79 Å². The molecule has 136 valence electrons. The third kappa shape index (κ3) is 3.72. The van der Waals surface area contributed by atoms with Gasteiger partial charge in [0, 0.05) is 17.2 Å². The SMILES string of the molecule is CC(C)c1nc2cc(NC(=O)c3ccc(Cn4cncn4)cc3)ccc2o1. The number of hydrogen-bond donors (Lipinski definition) is 1. The number of carbonyl (C=O) groups excluding carboxylic acids is 1. The van der Waals surface area contributed by atoms with Crippen molar-refractivity contribution < 1.29 is 9.21 Å². The predicted molar refractivity (Wildman–Crippen MR) is 102 cm³/mol. The first kappa shape index (κ1) is 17.0. The minimum Gasteiger partial charge on any atom is -0.440 e. The summed E-state index contributed by atoms with van der Waals surface area (Å²) >= 11 is 0. The highest BCUT2D eigenvalue weighted by molar-refractivity contribution is 6.04. The molecular weight excluding hydrogens is 342 g/mol. The quantitative estimate of drug-likeness (QED) is 0.584. The molecule has 0 aliphatic rings. The largest absolute Gasteiger partial charge is 0.440 e. The van der Waals surface area contributed by atoms with Crippen LogP contribution in [-0.4, -0.2) is 25.7 Å². The van der Waals surface area contributed by atoms with Crippen LogP contribution in [0.3, 0.4) is 0 Å². The zero-order chi connectivity index (χ0) is 18.8. The molecule has 4 aromatic rings. The minimum absolute atomic E-state index is 0.172. The lowest BCUT2D eigenvalue weighted by atomic mass is 10.1. The van der Waals surface area contributed by atoms with Gasteiger partial charge in [-0.2, -0.15) is 5.10 Å². The van der Waals surface area contributed by atoms with Crippen LogP contribution in [0.15, 0.2) is 59.5 Å². The Labute approximate surface area is 156 Å². The highest BCUT2D eigenvalue weighted by Crippen LogP contribution is 2.24. The second-order valence-corrected chi connectivity index (χ2v) is 6.63. The summed E-state index contributed by atoms with van der Waals surface area (Å²) in [5.74, 6) is 0.733. The number of carbonyl (C=O) groups is 1. The van der Waals surface area contributed by atoms with Gasteiger partial charge in [0.15, 0.2) is 11.5 Å². The fourth-order valence-corrected chi connectivity index (χ4v) is 2.74. The van der Waals surface area contributed by atoms with Gasteiger partial charge in [-0.1, -0.05) is 26.0 Å². The van der Waals surface area contributed by atoms with Gasteiger partial charge in [-0.05, 0) is 35.9 Å². The second kappa shape index (κ2) is 7.03. The number of oxazole rings is 1. The minimum atomic E-state index is -0.172. The summed E-state index contributed by atoms with van der Waals surface area (Å²) in [5.41, 5.74) is 3.76. The van der Waals surface area contributed by atoms with E-state index < -0.39 is 0 Å². The molecule has 27 heavy (non-hydrogen) atoms. The van der Waals surface area contributed by atoms with E-state index in [1.807, 2.05) is 44.2 Å². The molecule has 2 heterocycles. The van der Waals surface area contributed by atoms with Crippen molar-refractivity contribution >= 4 is 22.7 Å². The molecule has 2 aromatic carbocycles. The van der Waals surface area contributed by atoms with Crippen LogP contribution in [0.4, 0.5) is 5.69 Å². The third-order valence-electron chi connectivity index (χ3n) is 4.18. The van der Waals surface area contributed by atoms with Gasteiger partial charge in [-0.15, -0.1) is 0 Å². The molecule has 1 N–H and O–H groups in total. The average molecular weight is 361 g/mol. The summed E-state index contributed by atoms with van der Waals surface area (Å²) < 4.78 is 7.42. The lowest BCUT2D eigenvalue weighted by molar-refractivity contribution is 0.102. The van der Waals surface area contributed by atoms with E-state index in [2.05, 4.69) is 20.4 Å². The first-order valence-corrected chi connectivity index (χ1v) is 8.71. The Hall–Kier alpha value is -3.48. The Morgan fingerprint density at radius 3 is 2.70 bits per heavy atom. The highest BCUT2D eigenvalue weighted by Gasteiger charge is 2.11. The monoisotopic (exact) mass is 361 g/mol. The topological polar surface area (TPSA) is 85.8 Å². The molecule has 0 aliphatic carbocycles. The third-order valence-corrected chi connectivity index (χ3v) is 4.18. The lowest BCUT2D eigenvalue weighted by Crippen LogP contribution is -2.12. The molecule has 0 saturated carbocycles. The standard InChI is InChI=1S/C20H19N5O2/c1-13(2)20-24-17-9-16(7-8-18(17)27-20)23-19(26)15-5-3-14(4-6-15)10-25-12-21-11-22-25/h3-9,11-13H,10H2,1-2H3,(H,23,26). The Morgan fingerprint density at radius 2 is 2.00 bits per heavy atom. The lowest BCUT2D eigenvalue weighted by Gasteiger charge is -2.06. The molecule has 0 atom stereocenters. The van der Waals surface area contributed by atoms with Crippen molar-refractivity contribution in [2.75, 3.05) is 5.32 Å². The van der Waals surface area contributed by atoms with E-state index in [0.29, 0.717) is 29.3 Å². The average Bonchev–Trinajstić information content (AvgIpc) is 3.31. The van der Waals surface area contributed by atoms with Gasteiger partial charge in [0.05, 0.1) is 6.54 Å². The zero-order valence-corrected chi connectivity index (χ0v) is 15.1. The summed E-state index contributed by atoms with van der Waals surface area (Å²) in [5, 5.41) is 6.98. The van der Waals surface area contributed by atoms with Gasteiger partial charge < -0.3 is 9.73 Å². The Morgan fingerprint density at radius 1 is 1.19 bits per heavy atom. The molecule has 7 heteroatoms. The van der Waals surface area contributed by atoms with Crippen molar-refractivity contribution in [2.45, 2.75) is 26.3 Å². The van der Waals surface area contributed by atoms with Crippen LogP contribution in [0.2, 0.25) is 0 Å². The van der Waals surface area contributed by atoms with Crippen LogP contribution in [0.25, 0.3) is 11.1 Å². The van der Waals surface area contributed by atoms with Gasteiger partial charge >= 0.3 is 0 Å². The van der Waals surface area contributed by atoms with Gasteiger partial charge in [-0.25, -0.2) is 14.6 Å². The number of benzene rings is 2. The maximum Gasteiger partial charge on any atom is 0.255 e. The van der Waals surface area contributed by atoms with E-state index in [-0.39, 0.29) is 11.8 Å². The van der Waals surface area contributed by atoms with E-state index in [4.69, 9.17) is 4.42 Å². The number of fused-ring (bicyclic) bond motifs is 1. The number of hydrogen-bond acceptors (Lipinski definition) is 5. The zero-order valence-electron chi connectivity index (χ0n) is 15.1. The fourth-order valence-electron chi connectivity index (χ4n) is 2.74. The highest BCUT2D eigenvalue weighted by atomic mass is 16.3. The summed E-state index contributed by atoms with van der Waals surface area (Å²) in [4.78, 5) is 20.9. The van der Waals surface area contributed by atoms with E-state index in [9.17, 15) is 4.79 Å². The molecule has 0 spiro atoms. The first-order chi connectivity index (χ1) is 13.1. The fraction of sp³-hybridized carbons (Fsp3) is 0.200.